The minimum atomic E-state index is -0.648. The van der Waals surface area contributed by atoms with Crippen LogP contribution < -0.4 is 9.47 Å². The number of carbonyl (C=O) groups excluding carboxylic acids is 1. The topological polar surface area (TPSA) is 81.4 Å². The monoisotopic (exact) mass is 388 g/mol. The minimum Gasteiger partial charge on any atom is -0.496 e. The lowest BCUT2D eigenvalue weighted by molar-refractivity contribution is -0.137. The molecule has 0 atom stereocenters. The molecule has 1 aromatic heterocycles. The number of esters is 1. The van der Waals surface area contributed by atoms with E-state index in [0.29, 0.717) is 17.1 Å². The molecule has 3 rings (SSSR count). The van der Waals surface area contributed by atoms with Crippen molar-refractivity contribution >= 4 is 22.9 Å². The van der Waals surface area contributed by atoms with Crippen LogP contribution >= 0.6 is 0 Å². The van der Waals surface area contributed by atoms with Gasteiger partial charge in [0.25, 0.3) is 0 Å². The Hall–Kier alpha value is -3.85. The number of benzene rings is 2. The summed E-state index contributed by atoms with van der Waals surface area (Å²) in [6.45, 7) is 2.14. The first kappa shape index (κ1) is 19.9. The summed E-state index contributed by atoms with van der Waals surface area (Å²) in [6, 6.07) is 16.8. The van der Waals surface area contributed by atoms with E-state index in [9.17, 15) is 10.1 Å². The maximum atomic E-state index is 11.9. The Morgan fingerprint density at radius 2 is 2.00 bits per heavy atom. The highest BCUT2D eigenvalue weighted by molar-refractivity contribution is 5.97. The third-order valence-corrected chi connectivity index (χ3v) is 4.21. The summed E-state index contributed by atoms with van der Waals surface area (Å²) < 4.78 is 16.3. The van der Waals surface area contributed by atoms with E-state index in [0.717, 1.165) is 16.5 Å². The van der Waals surface area contributed by atoms with Crippen molar-refractivity contribution in [3.63, 3.8) is 0 Å². The lowest BCUT2D eigenvalue weighted by Gasteiger charge is -2.12. The highest BCUT2D eigenvalue weighted by Gasteiger charge is 2.12. The maximum Gasteiger partial charge on any atom is 0.348 e. The van der Waals surface area contributed by atoms with Crippen LogP contribution in [0.5, 0.6) is 11.5 Å². The number of para-hydroxylation sites is 1. The second kappa shape index (κ2) is 9.38. The summed E-state index contributed by atoms with van der Waals surface area (Å²) in [6.07, 6.45) is 3.21. The van der Waals surface area contributed by atoms with E-state index in [2.05, 4.69) is 4.98 Å². The molecule has 0 radical (unpaired) electrons. The molecule has 0 amide bonds. The number of hydrogen-bond donors (Lipinski definition) is 0. The van der Waals surface area contributed by atoms with E-state index in [1.807, 2.05) is 42.5 Å². The molecule has 1 heterocycles. The summed E-state index contributed by atoms with van der Waals surface area (Å²) in [5.74, 6) is 0.658. The summed E-state index contributed by atoms with van der Waals surface area (Å²) >= 11 is 0. The second-order valence-corrected chi connectivity index (χ2v) is 6.08. The molecule has 3 aromatic rings. The van der Waals surface area contributed by atoms with Crippen molar-refractivity contribution < 1.29 is 19.0 Å². The van der Waals surface area contributed by atoms with Gasteiger partial charge in [0.15, 0.2) is 0 Å². The van der Waals surface area contributed by atoms with Crippen molar-refractivity contribution in [3.05, 3.63) is 71.4 Å². The molecule has 6 heteroatoms. The normalized spacial score (nSPS) is 11.0. The number of nitriles is 1. The average molecular weight is 388 g/mol. The number of methoxy groups -OCH3 is 1. The van der Waals surface area contributed by atoms with Gasteiger partial charge in [-0.1, -0.05) is 24.3 Å². The standard InChI is InChI=1S/C23H20N2O4/c1-3-28-23(26)18(14-24)12-16-9-10-20(27-2)19(13-16)15-29-21-8-4-6-17-7-5-11-25-22(17)21/h4-13H,3,15H2,1-2H3/b18-12+. The summed E-state index contributed by atoms with van der Waals surface area (Å²) in [5.41, 5.74) is 2.15. The Labute approximate surface area is 169 Å². The number of nitrogens with zero attached hydrogens (tertiary/aromatic N) is 2. The molecule has 0 aliphatic rings. The van der Waals surface area contributed by atoms with Crippen LogP contribution in [-0.4, -0.2) is 24.7 Å². The van der Waals surface area contributed by atoms with Gasteiger partial charge in [-0.3, -0.25) is 4.98 Å². The van der Waals surface area contributed by atoms with Gasteiger partial charge in [0.1, 0.15) is 35.3 Å². The van der Waals surface area contributed by atoms with Crippen LogP contribution in [0.15, 0.2) is 60.3 Å². The van der Waals surface area contributed by atoms with Crippen molar-refractivity contribution in [1.82, 2.24) is 4.98 Å². The number of aromatic nitrogens is 1. The molecule has 29 heavy (non-hydrogen) atoms. The minimum absolute atomic E-state index is 0.0675. The van der Waals surface area contributed by atoms with Crippen LogP contribution in [0.1, 0.15) is 18.1 Å². The molecule has 0 aliphatic carbocycles. The molecular formula is C23H20N2O4. The van der Waals surface area contributed by atoms with Gasteiger partial charge in [0.05, 0.1) is 13.7 Å². The van der Waals surface area contributed by atoms with E-state index in [4.69, 9.17) is 14.2 Å². The van der Waals surface area contributed by atoms with Crippen LogP contribution in [0, 0.1) is 11.3 Å². The zero-order valence-electron chi connectivity index (χ0n) is 16.2. The Kier molecular flexibility index (Phi) is 6.43. The van der Waals surface area contributed by atoms with Gasteiger partial charge in [-0.25, -0.2) is 4.79 Å². The predicted octanol–water partition coefficient (Wildman–Crippen LogP) is 4.29. The van der Waals surface area contributed by atoms with Crippen molar-refractivity contribution in [2.45, 2.75) is 13.5 Å². The Morgan fingerprint density at radius 3 is 2.76 bits per heavy atom. The number of pyridine rings is 1. The Morgan fingerprint density at radius 1 is 1.17 bits per heavy atom. The van der Waals surface area contributed by atoms with Gasteiger partial charge in [-0.05, 0) is 42.8 Å². The van der Waals surface area contributed by atoms with Crippen molar-refractivity contribution in [3.8, 4) is 17.6 Å². The fourth-order valence-electron chi connectivity index (χ4n) is 2.86. The largest absolute Gasteiger partial charge is 0.496 e. The van der Waals surface area contributed by atoms with E-state index in [1.165, 1.54) is 6.08 Å². The lowest BCUT2D eigenvalue weighted by atomic mass is 10.1. The third kappa shape index (κ3) is 4.71. The summed E-state index contributed by atoms with van der Waals surface area (Å²) in [5, 5.41) is 10.2. The van der Waals surface area contributed by atoms with E-state index in [-0.39, 0.29) is 18.8 Å². The number of fused-ring (bicyclic) bond motifs is 1. The van der Waals surface area contributed by atoms with Crippen molar-refractivity contribution in [2.75, 3.05) is 13.7 Å². The van der Waals surface area contributed by atoms with E-state index in [1.54, 1.807) is 32.4 Å². The number of hydrogen-bond acceptors (Lipinski definition) is 6. The Bertz CT molecular complexity index is 1090. The van der Waals surface area contributed by atoms with Gasteiger partial charge >= 0.3 is 5.97 Å². The molecule has 2 aromatic carbocycles. The number of rotatable bonds is 7. The fourth-order valence-corrected chi connectivity index (χ4v) is 2.86. The van der Waals surface area contributed by atoms with Crippen LogP contribution in [0.2, 0.25) is 0 Å². The maximum absolute atomic E-state index is 11.9. The zero-order valence-corrected chi connectivity index (χ0v) is 16.2. The summed E-state index contributed by atoms with van der Waals surface area (Å²) in [7, 11) is 1.58. The molecular weight excluding hydrogens is 368 g/mol. The molecule has 0 saturated heterocycles. The lowest BCUT2D eigenvalue weighted by Crippen LogP contribution is -2.06. The van der Waals surface area contributed by atoms with E-state index >= 15 is 0 Å². The summed E-state index contributed by atoms with van der Waals surface area (Å²) in [4.78, 5) is 16.2. The molecule has 0 unspecified atom stereocenters. The average Bonchev–Trinajstić information content (AvgIpc) is 2.76. The number of ether oxygens (including phenoxy) is 3. The first-order valence-electron chi connectivity index (χ1n) is 9.08. The second-order valence-electron chi connectivity index (χ2n) is 6.08. The molecule has 146 valence electrons. The van der Waals surface area contributed by atoms with Crippen LogP contribution in [0.4, 0.5) is 0 Å². The van der Waals surface area contributed by atoms with Gasteiger partial charge in [-0.15, -0.1) is 0 Å². The van der Waals surface area contributed by atoms with Gasteiger partial charge in [0.2, 0.25) is 0 Å². The molecule has 0 fully saturated rings. The third-order valence-electron chi connectivity index (χ3n) is 4.21. The van der Waals surface area contributed by atoms with Crippen molar-refractivity contribution in [2.24, 2.45) is 0 Å². The van der Waals surface area contributed by atoms with Crippen LogP contribution in [0.25, 0.3) is 17.0 Å². The molecule has 0 bridgehead atoms. The van der Waals surface area contributed by atoms with Gasteiger partial charge in [0, 0.05) is 17.1 Å². The fraction of sp³-hybridized carbons (Fsp3) is 0.174. The quantitative estimate of drug-likeness (QED) is 0.341. The first-order chi connectivity index (χ1) is 14.2. The Balaban J connectivity index is 1.88. The number of carbonyl (C=O) groups is 1. The molecule has 6 nitrogen and oxygen atoms in total. The smallest absolute Gasteiger partial charge is 0.348 e. The first-order valence-corrected chi connectivity index (χ1v) is 9.08. The van der Waals surface area contributed by atoms with E-state index < -0.39 is 5.97 Å². The molecule has 0 saturated carbocycles. The highest BCUT2D eigenvalue weighted by atomic mass is 16.5. The van der Waals surface area contributed by atoms with Gasteiger partial charge < -0.3 is 14.2 Å². The highest BCUT2D eigenvalue weighted by Crippen LogP contribution is 2.27. The SMILES string of the molecule is CCOC(=O)/C(C#N)=C/c1ccc(OC)c(COc2cccc3cccnc23)c1. The molecule has 0 aliphatic heterocycles. The van der Waals surface area contributed by atoms with Gasteiger partial charge in [-0.2, -0.15) is 5.26 Å². The van der Waals surface area contributed by atoms with Crippen molar-refractivity contribution in [1.29, 1.82) is 5.26 Å². The predicted molar refractivity (Wildman–Crippen MR) is 109 cm³/mol. The van der Waals surface area contributed by atoms with Crippen LogP contribution in [-0.2, 0) is 16.1 Å². The molecule has 0 spiro atoms. The molecule has 0 N–H and O–H groups in total. The zero-order chi connectivity index (χ0) is 20.6. The van der Waals surface area contributed by atoms with Crippen LogP contribution in [0.3, 0.4) is 0 Å².